The highest BCUT2D eigenvalue weighted by Gasteiger charge is 2.10. The van der Waals surface area contributed by atoms with Gasteiger partial charge in [-0.2, -0.15) is 0 Å². The number of rotatable bonds is 8. The molecular weight excluding hydrogens is 316 g/mol. The molecule has 7 heteroatoms. The second kappa shape index (κ2) is 8.89. The highest BCUT2D eigenvalue weighted by Crippen LogP contribution is 2.16. The van der Waals surface area contributed by atoms with E-state index in [1.54, 1.807) is 12.3 Å². The Bertz CT molecular complexity index is 643. The molecule has 0 unspecified atom stereocenters. The Labute approximate surface area is 138 Å². The standard InChI is InChI=1S/C16H18N2O4S/c1-2-21-15(20)10-12-11-23-16(17-12)18-14(19)8-9-22-13-6-4-3-5-7-13/h3-7,11H,2,8-10H2,1H3,(H,17,18,19). The fourth-order valence-corrected chi connectivity index (χ4v) is 2.49. The summed E-state index contributed by atoms with van der Waals surface area (Å²) in [5.74, 6) is 0.219. The molecule has 1 heterocycles. The molecule has 0 aliphatic carbocycles. The minimum atomic E-state index is -0.327. The Morgan fingerprint density at radius 3 is 2.78 bits per heavy atom. The van der Waals surface area contributed by atoms with Crippen LogP contribution < -0.4 is 10.1 Å². The molecular formula is C16H18N2O4S. The van der Waals surface area contributed by atoms with E-state index in [0.717, 1.165) is 5.75 Å². The maximum Gasteiger partial charge on any atom is 0.311 e. The molecule has 0 fully saturated rings. The fraction of sp³-hybridized carbons (Fsp3) is 0.312. The Morgan fingerprint density at radius 1 is 1.26 bits per heavy atom. The van der Waals surface area contributed by atoms with Gasteiger partial charge in [-0.15, -0.1) is 11.3 Å². The molecule has 0 saturated heterocycles. The first-order valence-electron chi connectivity index (χ1n) is 7.25. The van der Waals surface area contributed by atoms with Gasteiger partial charge in [0.2, 0.25) is 5.91 Å². The maximum atomic E-state index is 11.8. The number of carbonyl (C=O) groups is 2. The molecule has 2 aromatic rings. The van der Waals surface area contributed by atoms with Crippen molar-refractivity contribution in [1.29, 1.82) is 0 Å². The number of nitrogens with zero attached hydrogens (tertiary/aromatic N) is 1. The molecule has 122 valence electrons. The van der Waals surface area contributed by atoms with Crippen LogP contribution in [0.3, 0.4) is 0 Å². The van der Waals surface area contributed by atoms with Crippen LogP contribution >= 0.6 is 11.3 Å². The molecule has 0 bridgehead atoms. The summed E-state index contributed by atoms with van der Waals surface area (Å²) in [6.45, 7) is 2.38. The van der Waals surface area contributed by atoms with Crippen molar-refractivity contribution in [2.45, 2.75) is 19.8 Å². The highest BCUT2D eigenvalue weighted by molar-refractivity contribution is 7.13. The molecule has 0 atom stereocenters. The van der Waals surface area contributed by atoms with E-state index < -0.39 is 0 Å². The zero-order valence-corrected chi connectivity index (χ0v) is 13.6. The predicted molar refractivity (Wildman–Crippen MR) is 87.6 cm³/mol. The van der Waals surface area contributed by atoms with Crippen LogP contribution in [0, 0.1) is 0 Å². The second-order valence-electron chi connectivity index (χ2n) is 4.59. The minimum absolute atomic E-state index is 0.108. The lowest BCUT2D eigenvalue weighted by molar-refractivity contribution is -0.142. The summed E-state index contributed by atoms with van der Waals surface area (Å²) in [4.78, 5) is 27.4. The van der Waals surface area contributed by atoms with Gasteiger partial charge in [-0.1, -0.05) is 18.2 Å². The number of aromatic nitrogens is 1. The van der Waals surface area contributed by atoms with Crippen molar-refractivity contribution < 1.29 is 19.1 Å². The van der Waals surface area contributed by atoms with E-state index in [1.807, 2.05) is 30.3 Å². The Kier molecular flexibility index (Phi) is 6.56. The van der Waals surface area contributed by atoms with E-state index in [0.29, 0.717) is 17.4 Å². The number of hydrogen-bond acceptors (Lipinski definition) is 6. The molecule has 1 aromatic carbocycles. The summed E-state index contributed by atoms with van der Waals surface area (Å²) in [7, 11) is 0. The van der Waals surface area contributed by atoms with Crippen molar-refractivity contribution in [2.24, 2.45) is 0 Å². The number of amides is 1. The number of carbonyl (C=O) groups excluding carboxylic acids is 2. The number of nitrogens with one attached hydrogen (secondary N) is 1. The lowest BCUT2D eigenvalue weighted by Gasteiger charge is -2.05. The number of hydrogen-bond donors (Lipinski definition) is 1. The van der Waals surface area contributed by atoms with Gasteiger partial charge in [0.05, 0.1) is 31.7 Å². The van der Waals surface area contributed by atoms with Crippen molar-refractivity contribution in [2.75, 3.05) is 18.5 Å². The first-order chi connectivity index (χ1) is 11.2. The van der Waals surface area contributed by atoms with Gasteiger partial charge in [-0.25, -0.2) is 4.98 Å². The summed E-state index contributed by atoms with van der Waals surface area (Å²) >= 11 is 1.28. The first kappa shape index (κ1) is 17.0. The van der Waals surface area contributed by atoms with Crippen molar-refractivity contribution in [3.8, 4) is 5.75 Å². The van der Waals surface area contributed by atoms with Crippen LogP contribution in [0.5, 0.6) is 5.75 Å². The largest absolute Gasteiger partial charge is 0.493 e. The monoisotopic (exact) mass is 334 g/mol. The molecule has 0 saturated carbocycles. The lowest BCUT2D eigenvalue weighted by atomic mass is 10.3. The average molecular weight is 334 g/mol. The Balaban J connectivity index is 1.73. The van der Waals surface area contributed by atoms with Crippen LogP contribution in [0.25, 0.3) is 0 Å². The molecule has 0 aliphatic heterocycles. The van der Waals surface area contributed by atoms with Gasteiger partial charge in [0.15, 0.2) is 5.13 Å². The van der Waals surface area contributed by atoms with Gasteiger partial charge in [-0.05, 0) is 19.1 Å². The number of ether oxygens (including phenoxy) is 2. The number of esters is 1. The van der Waals surface area contributed by atoms with Crippen LogP contribution in [0.15, 0.2) is 35.7 Å². The van der Waals surface area contributed by atoms with Crippen molar-refractivity contribution >= 4 is 28.3 Å². The number of para-hydroxylation sites is 1. The SMILES string of the molecule is CCOC(=O)Cc1csc(NC(=O)CCOc2ccccc2)n1. The van der Waals surface area contributed by atoms with Gasteiger partial charge >= 0.3 is 5.97 Å². The quantitative estimate of drug-likeness (QED) is 0.751. The smallest absolute Gasteiger partial charge is 0.311 e. The van der Waals surface area contributed by atoms with Gasteiger partial charge in [-0.3, -0.25) is 9.59 Å². The summed E-state index contributed by atoms with van der Waals surface area (Å²) in [5.41, 5.74) is 0.587. The summed E-state index contributed by atoms with van der Waals surface area (Å²) in [6, 6.07) is 9.31. The minimum Gasteiger partial charge on any atom is -0.493 e. The molecule has 2 rings (SSSR count). The number of thiazole rings is 1. The zero-order chi connectivity index (χ0) is 16.5. The van der Waals surface area contributed by atoms with Crippen molar-refractivity contribution in [3.05, 3.63) is 41.4 Å². The Morgan fingerprint density at radius 2 is 2.04 bits per heavy atom. The van der Waals surface area contributed by atoms with Crippen LogP contribution in [0.2, 0.25) is 0 Å². The maximum absolute atomic E-state index is 11.8. The summed E-state index contributed by atoms with van der Waals surface area (Å²) in [6.07, 6.45) is 0.332. The lowest BCUT2D eigenvalue weighted by Crippen LogP contribution is -2.15. The van der Waals surface area contributed by atoms with E-state index in [-0.39, 0.29) is 31.3 Å². The van der Waals surface area contributed by atoms with Gasteiger partial charge in [0.1, 0.15) is 5.75 Å². The fourth-order valence-electron chi connectivity index (χ4n) is 1.77. The molecule has 1 N–H and O–H groups in total. The predicted octanol–water partition coefficient (Wildman–Crippen LogP) is 2.66. The number of anilines is 1. The molecule has 0 radical (unpaired) electrons. The summed E-state index contributed by atoms with van der Waals surface area (Å²) < 4.78 is 10.3. The van der Waals surface area contributed by atoms with Crippen LogP contribution in [-0.2, 0) is 20.7 Å². The molecule has 0 spiro atoms. The molecule has 0 aliphatic rings. The second-order valence-corrected chi connectivity index (χ2v) is 5.44. The van der Waals surface area contributed by atoms with E-state index in [2.05, 4.69) is 10.3 Å². The van der Waals surface area contributed by atoms with Crippen LogP contribution in [0.1, 0.15) is 19.0 Å². The third kappa shape index (κ3) is 6.07. The summed E-state index contributed by atoms with van der Waals surface area (Å²) in [5, 5.41) is 4.89. The molecule has 6 nitrogen and oxygen atoms in total. The number of benzene rings is 1. The average Bonchev–Trinajstić information content (AvgIpc) is 2.95. The van der Waals surface area contributed by atoms with E-state index >= 15 is 0 Å². The molecule has 23 heavy (non-hydrogen) atoms. The van der Waals surface area contributed by atoms with Crippen molar-refractivity contribution in [3.63, 3.8) is 0 Å². The van der Waals surface area contributed by atoms with Gasteiger partial charge in [0.25, 0.3) is 0 Å². The molecule has 1 amide bonds. The van der Waals surface area contributed by atoms with Crippen LogP contribution in [0.4, 0.5) is 5.13 Å². The van der Waals surface area contributed by atoms with Gasteiger partial charge in [0, 0.05) is 5.38 Å². The normalized spacial score (nSPS) is 10.1. The third-order valence-corrected chi connectivity index (χ3v) is 3.58. The zero-order valence-electron chi connectivity index (χ0n) is 12.8. The Hall–Kier alpha value is -2.41. The van der Waals surface area contributed by atoms with Crippen molar-refractivity contribution in [1.82, 2.24) is 4.98 Å². The molecule has 1 aromatic heterocycles. The van der Waals surface area contributed by atoms with Gasteiger partial charge < -0.3 is 14.8 Å². The van der Waals surface area contributed by atoms with E-state index in [4.69, 9.17) is 9.47 Å². The van der Waals surface area contributed by atoms with E-state index in [9.17, 15) is 9.59 Å². The van der Waals surface area contributed by atoms with E-state index in [1.165, 1.54) is 11.3 Å². The topological polar surface area (TPSA) is 77.5 Å². The third-order valence-electron chi connectivity index (χ3n) is 2.77. The van der Waals surface area contributed by atoms with Crippen LogP contribution in [-0.4, -0.2) is 30.1 Å². The first-order valence-corrected chi connectivity index (χ1v) is 8.13. The highest BCUT2D eigenvalue weighted by atomic mass is 32.1.